The summed E-state index contributed by atoms with van der Waals surface area (Å²) in [4.78, 5) is 15.7. The number of carbonyl (C=O) groups is 1. The molecule has 0 radical (unpaired) electrons. The van der Waals surface area contributed by atoms with Crippen molar-refractivity contribution >= 4 is 21.4 Å². The van der Waals surface area contributed by atoms with Gasteiger partial charge in [-0.25, -0.2) is 8.42 Å². The molecule has 0 aromatic carbocycles. The fourth-order valence-corrected chi connectivity index (χ4v) is 3.88. The van der Waals surface area contributed by atoms with Crippen LogP contribution in [0.5, 0.6) is 0 Å². The van der Waals surface area contributed by atoms with Crippen LogP contribution in [0.2, 0.25) is 0 Å². The van der Waals surface area contributed by atoms with E-state index in [1.54, 1.807) is 0 Å². The van der Waals surface area contributed by atoms with Crippen LogP contribution in [0, 0.1) is 0 Å². The molecule has 1 saturated carbocycles. The average molecular weight is 311 g/mol. The first kappa shape index (κ1) is 15.8. The highest BCUT2D eigenvalue weighted by Gasteiger charge is 2.23. The third-order valence-corrected chi connectivity index (χ3v) is 5.37. The van der Waals surface area contributed by atoms with E-state index in [0.29, 0.717) is 0 Å². The molecule has 1 fully saturated rings. The van der Waals surface area contributed by atoms with Crippen LogP contribution >= 0.6 is 0 Å². The first-order valence-electron chi connectivity index (χ1n) is 7.20. The lowest BCUT2D eigenvalue weighted by molar-refractivity contribution is -0.119. The molecular weight excluding hydrogens is 290 g/mol. The normalized spacial score (nSPS) is 17.1. The SMILES string of the molecule is Nc1cnccc1S(=O)(=O)CC(=O)NC1CCCCCC1. The van der Waals surface area contributed by atoms with E-state index in [9.17, 15) is 13.2 Å². The molecule has 0 unspecified atom stereocenters. The molecule has 0 atom stereocenters. The molecule has 6 nitrogen and oxygen atoms in total. The highest BCUT2D eigenvalue weighted by atomic mass is 32.2. The Morgan fingerprint density at radius 1 is 1.29 bits per heavy atom. The molecule has 2 rings (SSSR count). The number of nitrogens with one attached hydrogen (secondary N) is 1. The van der Waals surface area contributed by atoms with Crippen LogP contribution in [0.3, 0.4) is 0 Å². The van der Waals surface area contributed by atoms with E-state index in [-0.39, 0.29) is 16.6 Å². The first-order chi connectivity index (χ1) is 9.99. The maximum Gasteiger partial charge on any atom is 0.235 e. The first-order valence-corrected chi connectivity index (χ1v) is 8.86. The van der Waals surface area contributed by atoms with Crippen LogP contribution in [0.1, 0.15) is 38.5 Å². The summed E-state index contributed by atoms with van der Waals surface area (Å²) in [5.41, 5.74) is 5.68. The number of sulfone groups is 1. The van der Waals surface area contributed by atoms with Crippen molar-refractivity contribution < 1.29 is 13.2 Å². The number of nitrogens with two attached hydrogens (primary N) is 1. The summed E-state index contributed by atoms with van der Waals surface area (Å²) in [6, 6.07) is 1.41. The van der Waals surface area contributed by atoms with Crippen molar-refractivity contribution in [2.45, 2.75) is 49.5 Å². The molecule has 21 heavy (non-hydrogen) atoms. The van der Waals surface area contributed by atoms with Crippen molar-refractivity contribution in [1.82, 2.24) is 10.3 Å². The van der Waals surface area contributed by atoms with Gasteiger partial charge in [0.1, 0.15) is 5.75 Å². The Hall–Kier alpha value is -1.63. The van der Waals surface area contributed by atoms with Gasteiger partial charge in [0.25, 0.3) is 0 Å². The van der Waals surface area contributed by atoms with Gasteiger partial charge in [-0.15, -0.1) is 0 Å². The molecular formula is C14H21N3O3S. The summed E-state index contributed by atoms with van der Waals surface area (Å²) in [6.07, 6.45) is 8.98. The van der Waals surface area contributed by atoms with E-state index in [0.717, 1.165) is 25.7 Å². The summed E-state index contributed by atoms with van der Waals surface area (Å²) in [5.74, 6) is -1.03. The van der Waals surface area contributed by atoms with Crippen molar-refractivity contribution in [2.75, 3.05) is 11.5 Å². The minimum absolute atomic E-state index is 0.0338. The Morgan fingerprint density at radius 2 is 1.95 bits per heavy atom. The van der Waals surface area contributed by atoms with E-state index in [4.69, 9.17) is 5.73 Å². The van der Waals surface area contributed by atoms with Gasteiger partial charge in [0.2, 0.25) is 5.91 Å². The number of carbonyl (C=O) groups excluding carboxylic acids is 1. The van der Waals surface area contributed by atoms with Crippen molar-refractivity contribution in [3.8, 4) is 0 Å². The zero-order valence-corrected chi connectivity index (χ0v) is 12.7. The molecule has 7 heteroatoms. The molecule has 0 spiro atoms. The van der Waals surface area contributed by atoms with Gasteiger partial charge in [-0.2, -0.15) is 0 Å². The molecule has 3 N–H and O–H groups in total. The fraction of sp³-hybridized carbons (Fsp3) is 0.571. The van der Waals surface area contributed by atoms with E-state index >= 15 is 0 Å². The van der Waals surface area contributed by atoms with Gasteiger partial charge in [0.05, 0.1) is 16.8 Å². The minimum atomic E-state index is -3.73. The second kappa shape index (κ2) is 6.89. The van der Waals surface area contributed by atoms with E-state index < -0.39 is 21.5 Å². The second-order valence-corrected chi connectivity index (χ2v) is 7.39. The predicted molar refractivity (Wildman–Crippen MR) is 80.3 cm³/mol. The van der Waals surface area contributed by atoms with Gasteiger partial charge in [-0.1, -0.05) is 25.7 Å². The largest absolute Gasteiger partial charge is 0.396 e. The molecule has 1 aliphatic carbocycles. The van der Waals surface area contributed by atoms with Crippen LogP contribution in [-0.4, -0.2) is 31.1 Å². The van der Waals surface area contributed by atoms with E-state index in [1.165, 1.54) is 31.3 Å². The molecule has 1 amide bonds. The molecule has 0 aliphatic heterocycles. The molecule has 0 bridgehead atoms. The Kier molecular flexibility index (Phi) is 5.17. The highest BCUT2D eigenvalue weighted by Crippen LogP contribution is 2.19. The summed E-state index contributed by atoms with van der Waals surface area (Å²) in [5, 5.41) is 2.83. The fourth-order valence-electron chi connectivity index (χ4n) is 2.62. The topological polar surface area (TPSA) is 102 Å². The average Bonchev–Trinajstić information content (AvgIpc) is 2.66. The quantitative estimate of drug-likeness (QED) is 0.815. The van der Waals surface area contributed by atoms with Gasteiger partial charge >= 0.3 is 0 Å². The van der Waals surface area contributed by atoms with Crippen molar-refractivity contribution in [2.24, 2.45) is 0 Å². The molecule has 1 aliphatic rings. The molecule has 1 aromatic heterocycles. The summed E-state index contributed by atoms with van der Waals surface area (Å²) in [7, 11) is -3.73. The van der Waals surface area contributed by atoms with Gasteiger partial charge in [0.15, 0.2) is 9.84 Å². The second-order valence-electron chi connectivity index (χ2n) is 5.43. The van der Waals surface area contributed by atoms with Gasteiger partial charge in [0, 0.05) is 12.2 Å². The number of hydrogen-bond donors (Lipinski definition) is 2. The van der Waals surface area contributed by atoms with Gasteiger partial charge in [-0.05, 0) is 18.9 Å². The van der Waals surface area contributed by atoms with Crippen LogP contribution < -0.4 is 11.1 Å². The van der Waals surface area contributed by atoms with Crippen molar-refractivity contribution in [1.29, 1.82) is 0 Å². The summed E-state index contributed by atoms with van der Waals surface area (Å²) < 4.78 is 24.4. The number of aromatic nitrogens is 1. The van der Waals surface area contributed by atoms with Crippen LogP contribution in [0.25, 0.3) is 0 Å². The van der Waals surface area contributed by atoms with Crippen LogP contribution in [-0.2, 0) is 14.6 Å². The highest BCUT2D eigenvalue weighted by molar-refractivity contribution is 7.92. The number of rotatable bonds is 4. The Morgan fingerprint density at radius 3 is 2.57 bits per heavy atom. The predicted octanol–water partition coefficient (Wildman–Crippen LogP) is 1.28. The molecule has 0 saturated heterocycles. The zero-order valence-electron chi connectivity index (χ0n) is 11.9. The molecule has 116 valence electrons. The number of anilines is 1. The third kappa shape index (κ3) is 4.42. The maximum absolute atomic E-state index is 12.2. The van der Waals surface area contributed by atoms with Gasteiger partial charge < -0.3 is 11.1 Å². The van der Waals surface area contributed by atoms with E-state index in [1.807, 2.05) is 0 Å². The lowest BCUT2D eigenvalue weighted by Gasteiger charge is -2.16. The number of nitrogens with zero attached hydrogens (tertiary/aromatic N) is 1. The van der Waals surface area contributed by atoms with Crippen molar-refractivity contribution in [3.63, 3.8) is 0 Å². The Labute approximate surface area is 125 Å². The smallest absolute Gasteiger partial charge is 0.235 e. The monoisotopic (exact) mass is 311 g/mol. The summed E-state index contributed by atoms with van der Waals surface area (Å²) >= 11 is 0. The van der Waals surface area contributed by atoms with Gasteiger partial charge in [-0.3, -0.25) is 9.78 Å². The molecule has 1 aromatic rings. The number of pyridine rings is 1. The third-order valence-electron chi connectivity index (χ3n) is 3.69. The zero-order chi connectivity index (χ0) is 15.3. The summed E-state index contributed by atoms with van der Waals surface area (Å²) in [6.45, 7) is 0. The maximum atomic E-state index is 12.2. The standard InChI is InChI=1S/C14H21N3O3S/c15-12-9-16-8-7-13(12)21(19,20)10-14(18)17-11-5-3-1-2-4-6-11/h7-9,11H,1-6,10,15H2,(H,17,18). The van der Waals surface area contributed by atoms with Crippen LogP contribution in [0.4, 0.5) is 5.69 Å². The lowest BCUT2D eigenvalue weighted by atomic mass is 10.1. The lowest BCUT2D eigenvalue weighted by Crippen LogP contribution is -2.38. The number of hydrogen-bond acceptors (Lipinski definition) is 5. The number of amides is 1. The van der Waals surface area contributed by atoms with Crippen molar-refractivity contribution in [3.05, 3.63) is 18.5 Å². The Bertz CT molecular complexity index is 593. The van der Waals surface area contributed by atoms with Crippen LogP contribution in [0.15, 0.2) is 23.4 Å². The molecule has 1 heterocycles. The van der Waals surface area contributed by atoms with E-state index in [2.05, 4.69) is 10.3 Å². The Balaban J connectivity index is 2.00. The number of nitrogen functional groups attached to an aromatic ring is 1. The minimum Gasteiger partial charge on any atom is -0.396 e.